The molecular formula is C21H21Cl3F3NO. The minimum atomic E-state index is -4.48. The van der Waals surface area contributed by atoms with E-state index in [9.17, 15) is 13.2 Å². The second-order valence-electron chi connectivity index (χ2n) is 6.52. The monoisotopic (exact) mass is 465 g/mol. The van der Waals surface area contributed by atoms with Gasteiger partial charge in [-0.25, -0.2) is 0 Å². The van der Waals surface area contributed by atoms with Crippen molar-refractivity contribution in [3.05, 3.63) is 73.7 Å². The van der Waals surface area contributed by atoms with Gasteiger partial charge >= 0.3 is 6.18 Å². The van der Waals surface area contributed by atoms with Crippen molar-refractivity contribution in [3.8, 4) is 0 Å². The highest BCUT2D eigenvalue weighted by Crippen LogP contribution is 2.41. The predicted octanol–water partition coefficient (Wildman–Crippen LogP) is 6.82. The molecule has 2 unspecified atom stereocenters. The van der Waals surface area contributed by atoms with Crippen molar-refractivity contribution in [2.75, 3.05) is 14.2 Å². The SMILES string of the molecule is CNC1CCc2cc(/C=C/C(c3cc(Cl)c(Cl)c(Cl)c3)C(F)(F)F)ccc21.CO. The molecule has 2 aromatic rings. The molecule has 1 aliphatic rings. The molecule has 0 spiro atoms. The topological polar surface area (TPSA) is 32.3 Å². The summed E-state index contributed by atoms with van der Waals surface area (Å²) in [5.41, 5.74) is 3.05. The van der Waals surface area contributed by atoms with Gasteiger partial charge in [0.05, 0.1) is 21.0 Å². The molecular weight excluding hydrogens is 446 g/mol. The second-order valence-corrected chi connectivity index (χ2v) is 7.71. The first-order valence-corrected chi connectivity index (χ1v) is 9.98. The molecule has 0 radical (unpaired) electrons. The summed E-state index contributed by atoms with van der Waals surface area (Å²) < 4.78 is 40.8. The van der Waals surface area contributed by atoms with E-state index in [0.717, 1.165) is 37.2 Å². The zero-order chi connectivity index (χ0) is 21.8. The van der Waals surface area contributed by atoms with Crippen LogP contribution in [-0.2, 0) is 6.42 Å². The van der Waals surface area contributed by atoms with E-state index in [1.807, 2.05) is 25.2 Å². The number of hydrogen-bond donors (Lipinski definition) is 2. The van der Waals surface area contributed by atoms with Crippen molar-refractivity contribution in [3.63, 3.8) is 0 Å². The molecule has 0 amide bonds. The summed E-state index contributed by atoms with van der Waals surface area (Å²) in [6, 6.07) is 8.47. The Kier molecular flexibility index (Phi) is 8.44. The molecule has 2 aromatic carbocycles. The van der Waals surface area contributed by atoms with Crippen molar-refractivity contribution in [2.45, 2.75) is 31.0 Å². The molecule has 0 saturated carbocycles. The number of benzene rings is 2. The Hall–Kier alpha value is -1.24. The molecule has 0 saturated heterocycles. The first-order valence-electron chi connectivity index (χ1n) is 8.85. The molecule has 0 heterocycles. The minimum Gasteiger partial charge on any atom is -0.400 e. The third-order valence-corrected chi connectivity index (χ3v) is 5.99. The standard InChI is InChI=1S/C20H17Cl3F3N.CH4O/c1-27-18-7-4-12-8-11(2-5-14(12)18)3-6-15(20(24,25)26)13-9-16(21)19(23)17(22)10-13;1-2/h2-3,5-6,8-10,15,18,27H,4,7H2,1H3;2H,1H3/b6-3+;. The van der Waals surface area contributed by atoms with Gasteiger partial charge in [0.15, 0.2) is 0 Å². The number of aryl methyl sites for hydroxylation is 1. The highest BCUT2D eigenvalue weighted by Gasteiger charge is 2.39. The fourth-order valence-corrected chi connectivity index (χ4v) is 4.03. The third kappa shape index (κ3) is 5.68. The molecule has 2 N–H and O–H groups in total. The molecule has 2 nitrogen and oxygen atoms in total. The Morgan fingerprint density at radius 3 is 2.28 bits per heavy atom. The van der Waals surface area contributed by atoms with Gasteiger partial charge in [0.2, 0.25) is 0 Å². The van der Waals surface area contributed by atoms with Gasteiger partial charge in [-0.15, -0.1) is 0 Å². The van der Waals surface area contributed by atoms with E-state index in [-0.39, 0.29) is 20.6 Å². The predicted molar refractivity (Wildman–Crippen MR) is 114 cm³/mol. The van der Waals surface area contributed by atoms with Gasteiger partial charge < -0.3 is 10.4 Å². The zero-order valence-electron chi connectivity index (χ0n) is 15.8. The smallest absolute Gasteiger partial charge is 0.399 e. The van der Waals surface area contributed by atoms with Crippen LogP contribution in [0, 0.1) is 0 Å². The normalized spacial score (nSPS) is 17.1. The molecule has 2 atom stereocenters. The van der Waals surface area contributed by atoms with Gasteiger partial charge in [-0.05, 0) is 54.3 Å². The lowest BCUT2D eigenvalue weighted by molar-refractivity contribution is -0.139. The van der Waals surface area contributed by atoms with Gasteiger partial charge in [0.1, 0.15) is 0 Å². The van der Waals surface area contributed by atoms with Crippen LogP contribution in [0.25, 0.3) is 6.08 Å². The van der Waals surface area contributed by atoms with E-state index in [1.54, 1.807) is 0 Å². The van der Waals surface area contributed by atoms with Gasteiger partial charge in [-0.2, -0.15) is 13.2 Å². The maximum Gasteiger partial charge on any atom is 0.399 e. The Labute approximate surface area is 183 Å². The van der Waals surface area contributed by atoms with Crippen molar-refractivity contribution >= 4 is 40.9 Å². The van der Waals surface area contributed by atoms with Crippen LogP contribution in [0.1, 0.15) is 40.6 Å². The zero-order valence-corrected chi connectivity index (χ0v) is 18.1. The number of allylic oxidation sites excluding steroid dienone is 1. The second kappa shape index (κ2) is 10.2. The maximum absolute atomic E-state index is 13.6. The lowest BCUT2D eigenvalue weighted by Gasteiger charge is -2.18. The number of alkyl halides is 3. The Balaban J connectivity index is 0.00000145. The van der Waals surface area contributed by atoms with E-state index in [0.29, 0.717) is 6.04 Å². The molecule has 0 fully saturated rings. The van der Waals surface area contributed by atoms with Gasteiger partial charge in [0, 0.05) is 13.2 Å². The summed E-state index contributed by atoms with van der Waals surface area (Å²) in [5.74, 6) is -1.83. The van der Waals surface area contributed by atoms with E-state index in [4.69, 9.17) is 39.9 Å². The van der Waals surface area contributed by atoms with Gasteiger partial charge in [-0.3, -0.25) is 0 Å². The van der Waals surface area contributed by atoms with Crippen LogP contribution >= 0.6 is 34.8 Å². The molecule has 29 heavy (non-hydrogen) atoms. The lowest BCUT2D eigenvalue weighted by atomic mass is 9.96. The lowest BCUT2D eigenvalue weighted by Crippen LogP contribution is -2.19. The summed E-state index contributed by atoms with van der Waals surface area (Å²) in [7, 11) is 2.91. The van der Waals surface area contributed by atoms with Crippen LogP contribution in [0.4, 0.5) is 13.2 Å². The minimum absolute atomic E-state index is 0.00236. The Morgan fingerprint density at radius 1 is 1.10 bits per heavy atom. The molecule has 1 aliphatic carbocycles. The number of hydrogen-bond acceptors (Lipinski definition) is 2. The summed E-state index contributed by atoms with van der Waals surface area (Å²) in [4.78, 5) is 0. The Morgan fingerprint density at radius 2 is 1.72 bits per heavy atom. The number of aliphatic hydroxyl groups is 1. The number of aliphatic hydroxyl groups excluding tert-OH is 1. The molecule has 0 aliphatic heterocycles. The van der Waals surface area contributed by atoms with Gasteiger partial charge in [0.25, 0.3) is 0 Å². The van der Waals surface area contributed by atoms with Crippen molar-refractivity contribution in [1.82, 2.24) is 5.32 Å². The molecule has 158 valence electrons. The van der Waals surface area contributed by atoms with Crippen LogP contribution in [0.3, 0.4) is 0 Å². The van der Waals surface area contributed by atoms with Crippen LogP contribution in [0.15, 0.2) is 36.4 Å². The quantitative estimate of drug-likeness (QED) is 0.485. The van der Waals surface area contributed by atoms with Crippen molar-refractivity contribution in [1.29, 1.82) is 0 Å². The highest BCUT2D eigenvalue weighted by atomic mass is 35.5. The fraction of sp³-hybridized carbons (Fsp3) is 0.333. The largest absolute Gasteiger partial charge is 0.400 e. The van der Waals surface area contributed by atoms with Crippen molar-refractivity contribution < 1.29 is 18.3 Å². The molecule has 8 heteroatoms. The maximum atomic E-state index is 13.6. The van der Waals surface area contributed by atoms with E-state index in [2.05, 4.69) is 5.32 Å². The third-order valence-electron chi connectivity index (χ3n) is 4.79. The average Bonchev–Trinajstić information content (AvgIpc) is 3.09. The van der Waals surface area contributed by atoms with Crippen molar-refractivity contribution in [2.24, 2.45) is 0 Å². The van der Waals surface area contributed by atoms with Gasteiger partial charge in [-0.1, -0.05) is 65.2 Å². The van der Waals surface area contributed by atoms with E-state index >= 15 is 0 Å². The number of halogens is 6. The van der Waals surface area contributed by atoms with E-state index < -0.39 is 12.1 Å². The summed E-state index contributed by atoms with van der Waals surface area (Å²) in [6.45, 7) is 0. The van der Waals surface area contributed by atoms with E-state index in [1.165, 1.54) is 23.8 Å². The fourth-order valence-electron chi connectivity index (χ4n) is 3.41. The summed E-state index contributed by atoms with van der Waals surface area (Å²) in [5, 5.41) is 10.3. The Bertz CT molecular complexity index is 861. The highest BCUT2D eigenvalue weighted by molar-refractivity contribution is 6.48. The molecule has 0 bridgehead atoms. The van der Waals surface area contributed by atoms with Crippen LogP contribution in [-0.4, -0.2) is 25.4 Å². The van der Waals surface area contributed by atoms with Crippen LogP contribution in [0.2, 0.25) is 15.1 Å². The average molecular weight is 467 g/mol. The first kappa shape index (κ1) is 24.0. The molecule has 0 aromatic heterocycles. The number of nitrogens with one attached hydrogen (secondary N) is 1. The number of rotatable bonds is 4. The summed E-state index contributed by atoms with van der Waals surface area (Å²) in [6.07, 6.45) is 0.0359. The first-order chi connectivity index (χ1) is 13.7. The van der Waals surface area contributed by atoms with Crippen LogP contribution in [0.5, 0.6) is 0 Å². The number of fused-ring (bicyclic) bond motifs is 1. The summed E-state index contributed by atoms with van der Waals surface area (Å²) >= 11 is 17.7. The molecule has 3 rings (SSSR count). The van der Waals surface area contributed by atoms with Crippen LogP contribution < -0.4 is 5.32 Å².